The Morgan fingerprint density at radius 2 is 1.89 bits per heavy atom. The van der Waals surface area contributed by atoms with Crippen molar-refractivity contribution in [3.8, 4) is 17.0 Å². The number of ketones is 1. The van der Waals surface area contributed by atoms with E-state index in [1.807, 2.05) is 6.92 Å². The van der Waals surface area contributed by atoms with Gasteiger partial charge < -0.3 is 9.64 Å². The van der Waals surface area contributed by atoms with Gasteiger partial charge >= 0.3 is 0 Å². The molecule has 0 N–H and O–H groups in total. The highest BCUT2D eigenvalue weighted by Crippen LogP contribution is 2.33. The number of rotatable bonds is 7. The first-order valence-corrected chi connectivity index (χ1v) is 14.2. The zero-order chi connectivity index (χ0) is 25.4. The van der Waals surface area contributed by atoms with Crippen LogP contribution in [0.5, 0.6) is 5.75 Å². The molecule has 2 aliphatic rings. The van der Waals surface area contributed by atoms with Gasteiger partial charge in [-0.3, -0.25) is 9.59 Å². The lowest BCUT2D eigenvalue weighted by molar-refractivity contribution is 0.0765. The SMILES string of the molecule is CC(Oc1ccc(C(=O)C2CC2)nc1)c1cc(-c2ccc(C(=O)N3CCS(=O)(=O)CC3)c(F)c2)ns1. The van der Waals surface area contributed by atoms with Crippen LogP contribution in [0.4, 0.5) is 4.39 Å². The average molecular weight is 530 g/mol. The zero-order valence-electron chi connectivity index (χ0n) is 19.5. The number of benzene rings is 1. The predicted octanol–water partition coefficient (Wildman–Crippen LogP) is 3.95. The van der Waals surface area contributed by atoms with Crippen molar-refractivity contribution < 1.29 is 27.1 Å². The summed E-state index contributed by atoms with van der Waals surface area (Å²) in [7, 11) is -3.14. The molecule has 0 bridgehead atoms. The Balaban J connectivity index is 1.24. The second-order valence-corrected chi connectivity index (χ2v) is 12.2. The van der Waals surface area contributed by atoms with E-state index in [0.717, 1.165) is 17.7 Å². The number of pyridine rings is 1. The van der Waals surface area contributed by atoms with Gasteiger partial charge in [0.2, 0.25) is 0 Å². The van der Waals surface area contributed by atoms with Gasteiger partial charge in [-0.25, -0.2) is 17.8 Å². The Bertz CT molecular complexity index is 1400. The number of carbonyl (C=O) groups is 2. The third kappa shape index (κ3) is 5.31. The summed E-state index contributed by atoms with van der Waals surface area (Å²) in [6.07, 6.45) is 3.05. The van der Waals surface area contributed by atoms with E-state index in [1.54, 1.807) is 24.3 Å². The second kappa shape index (κ2) is 9.70. The highest BCUT2D eigenvalue weighted by atomic mass is 32.2. The van der Waals surface area contributed by atoms with E-state index in [2.05, 4.69) is 9.36 Å². The Morgan fingerprint density at radius 1 is 1.14 bits per heavy atom. The summed E-state index contributed by atoms with van der Waals surface area (Å²) in [6, 6.07) is 9.50. The number of amides is 1. The predicted molar refractivity (Wildman–Crippen MR) is 132 cm³/mol. The van der Waals surface area contributed by atoms with E-state index in [9.17, 15) is 22.4 Å². The Morgan fingerprint density at radius 3 is 2.53 bits per heavy atom. The number of ether oxygens (including phenoxy) is 1. The third-order valence-electron chi connectivity index (χ3n) is 6.31. The summed E-state index contributed by atoms with van der Waals surface area (Å²) in [6.45, 7) is 1.98. The topological polar surface area (TPSA) is 107 Å². The molecule has 1 aliphatic carbocycles. The number of sulfone groups is 1. The fourth-order valence-corrected chi connectivity index (χ4v) is 5.89. The van der Waals surface area contributed by atoms with Crippen LogP contribution in [0.3, 0.4) is 0 Å². The highest BCUT2D eigenvalue weighted by molar-refractivity contribution is 7.91. The van der Waals surface area contributed by atoms with Gasteiger partial charge in [-0.2, -0.15) is 4.37 Å². The minimum absolute atomic E-state index is 0.0603. The van der Waals surface area contributed by atoms with Crippen LogP contribution in [0.15, 0.2) is 42.6 Å². The summed E-state index contributed by atoms with van der Waals surface area (Å²) < 4.78 is 48.4. The van der Waals surface area contributed by atoms with Crippen molar-refractivity contribution in [1.82, 2.24) is 14.3 Å². The number of halogens is 1. The molecule has 188 valence electrons. The molecule has 3 aromatic rings. The molecule has 2 aromatic heterocycles. The van der Waals surface area contributed by atoms with Gasteiger partial charge in [0.1, 0.15) is 23.4 Å². The maximum absolute atomic E-state index is 14.8. The minimum Gasteiger partial charge on any atom is -0.484 e. The van der Waals surface area contributed by atoms with Crippen molar-refractivity contribution in [3.05, 3.63) is 64.5 Å². The summed E-state index contributed by atoms with van der Waals surface area (Å²) in [4.78, 5) is 31.2. The van der Waals surface area contributed by atoms with Crippen LogP contribution < -0.4 is 4.74 Å². The fraction of sp³-hybridized carbons (Fsp3) is 0.360. The number of aromatic nitrogens is 2. The lowest BCUT2D eigenvalue weighted by Gasteiger charge is -2.26. The van der Waals surface area contributed by atoms with Crippen LogP contribution in [-0.4, -0.2) is 59.0 Å². The molecule has 1 saturated heterocycles. The van der Waals surface area contributed by atoms with Gasteiger partial charge in [0.15, 0.2) is 15.6 Å². The Labute approximate surface area is 212 Å². The lowest BCUT2D eigenvalue weighted by Crippen LogP contribution is -2.44. The molecule has 1 amide bonds. The molecule has 1 atom stereocenters. The standard InChI is InChI=1S/C25H24FN3O5S2/c1-15(34-18-5-7-21(27-14-18)24(30)16-2-3-16)23-13-22(28-35-23)17-4-6-19(20(26)12-17)25(31)29-8-10-36(32,33)11-9-29/h4-7,12-16H,2-3,8-11H2,1H3. The van der Waals surface area contributed by atoms with E-state index >= 15 is 0 Å². The molecular weight excluding hydrogens is 505 g/mol. The summed E-state index contributed by atoms with van der Waals surface area (Å²) in [5.74, 6) is -0.711. The van der Waals surface area contributed by atoms with Crippen molar-refractivity contribution in [3.63, 3.8) is 0 Å². The first kappa shape index (κ1) is 24.5. The van der Waals surface area contributed by atoms with Crippen LogP contribution in [0.2, 0.25) is 0 Å². The Kier molecular flexibility index (Phi) is 6.60. The fourth-order valence-electron chi connectivity index (χ4n) is 3.96. The molecule has 1 unspecified atom stereocenters. The van der Waals surface area contributed by atoms with E-state index in [1.165, 1.54) is 34.8 Å². The molecular formula is C25H24FN3O5S2. The summed E-state index contributed by atoms with van der Waals surface area (Å²) in [5.41, 5.74) is 1.42. The second-order valence-electron chi connectivity index (χ2n) is 9.03. The molecule has 11 heteroatoms. The maximum atomic E-state index is 14.8. The van der Waals surface area contributed by atoms with Gasteiger partial charge in [-0.15, -0.1) is 0 Å². The number of hydrogen-bond donors (Lipinski definition) is 0. The van der Waals surface area contributed by atoms with Gasteiger partial charge in [-0.05, 0) is 61.6 Å². The molecule has 1 aromatic carbocycles. The van der Waals surface area contributed by atoms with Gasteiger partial charge in [0.25, 0.3) is 5.91 Å². The van der Waals surface area contributed by atoms with Gasteiger partial charge in [0.05, 0.1) is 33.8 Å². The minimum atomic E-state index is -3.14. The monoisotopic (exact) mass is 529 g/mol. The molecule has 5 rings (SSSR count). The molecule has 0 radical (unpaired) electrons. The summed E-state index contributed by atoms with van der Waals surface area (Å²) in [5, 5.41) is 0. The van der Waals surface area contributed by atoms with Crippen molar-refractivity contribution in [1.29, 1.82) is 0 Å². The van der Waals surface area contributed by atoms with Crippen molar-refractivity contribution in [2.75, 3.05) is 24.6 Å². The van der Waals surface area contributed by atoms with E-state index in [-0.39, 0.29) is 48.0 Å². The molecule has 36 heavy (non-hydrogen) atoms. The lowest BCUT2D eigenvalue weighted by atomic mass is 10.1. The van der Waals surface area contributed by atoms with Crippen LogP contribution in [-0.2, 0) is 9.84 Å². The summed E-state index contributed by atoms with van der Waals surface area (Å²) >= 11 is 1.23. The third-order valence-corrected chi connectivity index (χ3v) is 8.86. The quantitative estimate of drug-likeness (QED) is 0.427. The average Bonchev–Trinajstić information content (AvgIpc) is 3.59. The van der Waals surface area contributed by atoms with E-state index in [4.69, 9.17) is 4.74 Å². The smallest absolute Gasteiger partial charge is 0.256 e. The normalized spacial score (nSPS) is 18.0. The number of carbonyl (C=O) groups excluding carboxylic acids is 2. The first-order valence-electron chi connectivity index (χ1n) is 11.6. The number of nitrogens with zero attached hydrogens (tertiary/aromatic N) is 3. The van der Waals surface area contributed by atoms with Crippen LogP contribution in [0.1, 0.15) is 51.6 Å². The van der Waals surface area contributed by atoms with Crippen molar-refractivity contribution >= 4 is 33.1 Å². The molecule has 0 spiro atoms. The molecule has 2 fully saturated rings. The molecule has 8 nitrogen and oxygen atoms in total. The van der Waals surface area contributed by atoms with Crippen LogP contribution >= 0.6 is 11.5 Å². The molecule has 1 saturated carbocycles. The number of hydrogen-bond acceptors (Lipinski definition) is 8. The van der Waals surface area contributed by atoms with Crippen LogP contribution in [0, 0.1) is 11.7 Å². The molecule has 1 aliphatic heterocycles. The van der Waals surface area contributed by atoms with E-state index < -0.39 is 21.6 Å². The largest absolute Gasteiger partial charge is 0.484 e. The zero-order valence-corrected chi connectivity index (χ0v) is 21.1. The Hall–Kier alpha value is -3.18. The highest BCUT2D eigenvalue weighted by Gasteiger charge is 2.31. The maximum Gasteiger partial charge on any atom is 0.256 e. The van der Waals surface area contributed by atoms with Gasteiger partial charge in [0, 0.05) is 24.6 Å². The van der Waals surface area contributed by atoms with Crippen molar-refractivity contribution in [2.45, 2.75) is 25.9 Å². The van der Waals surface area contributed by atoms with Crippen molar-refractivity contribution in [2.24, 2.45) is 5.92 Å². The van der Waals surface area contributed by atoms with Gasteiger partial charge in [-0.1, -0.05) is 6.07 Å². The van der Waals surface area contributed by atoms with E-state index in [0.29, 0.717) is 22.7 Å². The first-order chi connectivity index (χ1) is 17.2. The molecule has 3 heterocycles. The number of Topliss-reactive ketones (excluding diaryl/α,β-unsaturated/α-hetero) is 1. The van der Waals surface area contributed by atoms with Crippen LogP contribution in [0.25, 0.3) is 11.3 Å².